The summed E-state index contributed by atoms with van der Waals surface area (Å²) < 4.78 is 44.7. The van der Waals surface area contributed by atoms with E-state index in [4.69, 9.17) is 4.74 Å². The maximum absolute atomic E-state index is 13.1. The van der Waals surface area contributed by atoms with Crippen molar-refractivity contribution in [2.45, 2.75) is 6.18 Å². The number of para-hydroxylation sites is 3. The highest BCUT2D eigenvalue weighted by atomic mass is 32.2. The fourth-order valence-corrected chi connectivity index (χ4v) is 3.82. The second-order valence-electron chi connectivity index (χ2n) is 6.81. The number of hydrogen-bond donors (Lipinski definition) is 1. The molecule has 0 radical (unpaired) electrons. The van der Waals surface area contributed by atoms with Crippen molar-refractivity contribution in [1.82, 2.24) is 0 Å². The third-order valence-corrected chi connectivity index (χ3v) is 5.51. The van der Waals surface area contributed by atoms with E-state index in [0.29, 0.717) is 17.3 Å². The lowest BCUT2D eigenvalue weighted by Crippen LogP contribution is -2.34. The standard InChI is InChI=1S/C21H16F3N5O3S/c1-32-16-9-5-4-8-15(16)29-18-12(10-25-29)19(31)28-20(27-18)33-11-17(30)26-14-7-3-2-6-13(14)21(22,23)24/h2-10,12H,11H2,1H3,(H,26,30). The predicted molar refractivity (Wildman–Crippen MR) is 120 cm³/mol. The van der Waals surface area contributed by atoms with E-state index in [-0.39, 0.29) is 16.6 Å². The Hall–Kier alpha value is -3.67. The van der Waals surface area contributed by atoms with Crippen LogP contribution >= 0.6 is 11.8 Å². The van der Waals surface area contributed by atoms with Crippen molar-refractivity contribution in [2.24, 2.45) is 21.0 Å². The zero-order valence-corrected chi connectivity index (χ0v) is 17.9. The molecular weight excluding hydrogens is 459 g/mol. The van der Waals surface area contributed by atoms with E-state index < -0.39 is 29.5 Å². The number of ether oxygens (including phenoxy) is 1. The quantitative estimate of drug-likeness (QED) is 0.710. The molecule has 170 valence electrons. The van der Waals surface area contributed by atoms with E-state index in [1.165, 1.54) is 36.5 Å². The number of hydrogen-bond acceptors (Lipinski definition) is 7. The molecule has 1 N–H and O–H groups in total. The van der Waals surface area contributed by atoms with Crippen LogP contribution in [0.15, 0.2) is 63.6 Å². The normalized spacial score (nSPS) is 17.4. The monoisotopic (exact) mass is 475 g/mol. The molecule has 0 spiro atoms. The fraction of sp³-hybridized carbons (Fsp3) is 0.190. The Morgan fingerprint density at radius 2 is 1.88 bits per heavy atom. The number of methoxy groups -OCH3 is 1. The van der Waals surface area contributed by atoms with Crippen LogP contribution in [0, 0.1) is 5.92 Å². The molecule has 0 aromatic heterocycles. The average molecular weight is 475 g/mol. The van der Waals surface area contributed by atoms with Crippen molar-refractivity contribution in [3.05, 3.63) is 54.1 Å². The lowest BCUT2D eigenvalue weighted by atomic mass is 10.1. The van der Waals surface area contributed by atoms with Crippen molar-refractivity contribution < 1.29 is 27.5 Å². The lowest BCUT2D eigenvalue weighted by molar-refractivity contribution is -0.137. The molecule has 2 amide bonds. The van der Waals surface area contributed by atoms with Crippen LogP contribution in [0.4, 0.5) is 24.5 Å². The van der Waals surface area contributed by atoms with Gasteiger partial charge >= 0.3 is 6.18 Å². The van der Waals surface area contributed by atoms with Crippen molar-refractivity contribution >= 4 is 52.2 Å². The van der Waals surface area contributed by atoms with E-state index in [0.717, 1.165) is 17.8 Å². The van der Waals surface area contributed by atoms with E-state index in [2.05, 4.69) is 20.4 Å². The zero-order chi connectivity index (χ0) is 23.6. The third kappa shape index (κ3) is 4.75. The van der Waals surface area contributed by atoms with Gasteiger partial charge in [0, 0.05) is 6.21 Å². The summed E-state index contributed by atoms with van der Waals surface area (Å²) in [7, 11) is 1.50. The Balaban J connectivity index is 1.48. The maximum atomic E-state index is 13.1. The molecule has 2 aliphatic heterocycles. The van der Waals surface area contributed by atoms with Gasteiger partial charge in [0.05, 0.1) is 24.1 Å². The van der Waals surface area contributed by atoms with Crippen LogP contribution in [0.25, 0.3) is 0 Å². The van der Waals surface area contributed by atoms with Gasteiger partial charge in [0.25, 0.3) is 5.91 Å². The Kier molecular flexibility index (Phi) is 6.18. The molecule has 0 saturated heterocycles. The van der Waals surface area contributed by atoms with E-state index in [1.54, 1.807) is 24.3 Å². The minimum atomic E-state index is -4.61. The molecule has 0 saturated carbocycles. The SMILES string of the molecule is COc1ccccc1N1N=CC2C(=O)N=C(SCC(=O)Nc3ccccc3C(F)(F)F)N=C21. The van der Waals surface area contributed by atoms with Gasteiger partial charge in [-0.3, -0.25) is 9.59 Å². The van der Waals surface area contributed by atoms with Crippen molar-refractivity contribution in [3.63, 3.8) is 0 Å². The second-order valence-corrected chi connectivity index (χ2v) is 7.75. The van der Waals surface area contributed by atoms with Gasteiger partial charge in [0.2, 0.25) is 5.91 Å². The van der Waals surface area contributed by atoms with Crippen LogP contribution in [-0.4, -0.2) is 41.9 Å². The molecule has 2 heterocycles. The second kappa shape index (κ2) is 9.06. The van der Waals surface area contributed by atoms with Crippen LogP contribution in [0.5, 0.6) is 5.75 Å². The first kappa shape index (κ1) is 22.5. The minimum absolute atomic E-state index is 0.0101. The first-order valence-electron chi connectivity index (χ1n) is 9.55. The molecule has 2 aromatic carbocycles. The third-order valence-electron chi connectivity index (χ3n) is 4.66. The van der Waals surface area contributed by atoms with Gasteiger partial charge in [-0.25, -0.2) is 10.0 Å². The number of amidine groups is 2. The fourth-order valence-electron chi connectivity index (χ4n) is 3.18. The van der Waals surface area contributed by atoms with Gasteiger partial charge in [0.15, 0.2) is 11.0 Å². The molecule has 1 atom stereocenters. The number of nitrogens with one attached hydrogen (secondary N) is 1. The summed E-state index contributed by atoms with van der Waals surface area (Å²) in [6.07, 6.45) is -3.19. The molecule has 1 unspecified atom stereocenters. The smallest absolute Gasteiger partial charge is 0.418 e. The highest BCUT2D eigenvalue weighted by molar-refractivity contribution is 8.14. The Morgan fingerprint density at radius 3 is 2.64 bits per heavy atom. The Bertz CT molecular complexity index is 1200. The minimum Gasteiger partial charge on any atom is -0.494 e. The number of nitrogens with zero attached hydrogens (tertiary/aromatic N) is 4. The molecular formula is C21H16F3N5O3S. The molecule has 0 aliphatic carbocycles. The number of benzene rings is 2. The highest BCUT2D eigenvalue weighted by Gasteiger charge is 2.38. The average Bonchev–Trinajstić information content (AvgIpc) is 3.21. The lowest BCUT2D eigenvalue weighted by Gasteiger charge is -2.21. The number of aliphatic imine (C=N–C) groups is 2. The van der Waals surface area contributed by atoms with Crippen molar-refractivity contribution in [1.29, 1.82) is 0 Å². The first-order chi connectivity index (χ1) is 15.8. The van der Waals surface area contributed by atoms with Crippen molar-refractivity contribution in [3.8, 4) is 5.75 Å². The number of fused-ring (bicyclic) bond motifs is 1. The summed E-state index contributed by atoms with van der Waals surface area (Å²) in [5, 5.41) is 7.94. The molecule has 0 fully saturated rings. The van der Waals surface area contributed by atoms with Crippen LogP contribution in [0.2, 0.25) is 0 Å². The largest absolute Gasteiger partial charge is 0.494 e. The number of halogens is 3. The zero-order valence-electron chi connectivity index (χ0n) is 17.0. The summed E-state index contributed by atoms with van der Waals surface area (Å²) in [4.78, 5) is 33.0. The van der Waals surface area contributed by atoms with Gasteiger partial charge in [-0.05, 0) is 24.3 Å². The number of anilines is 2. The van der Waals surface area contributed by atoms with Gasteiger partial charge in [-0.15, -0.1) is 0 Å². The van der Waals surface area contributed by atoms with E-state index in [9.17, 15) is 22.8 Å². The first-order valence-corrected chi connectivity index (χ1v) is 10.5. The number of carbonyl (C=O) groups excluding carboxylic acids is 2. The summed E-state index contributed by atoms with van der Waals surface area (Å²) in [6, 6.07) is 11.7. The maximum Gasteiger partial charge on any atom is 0.418 e. The van der Waals surface area contributed by atoms with Gasteiger partial charge in [0.1, 0.15) is 17.4 Å². The summed E-state index contributed by atoms with van der Waals surface area (Å²) >= 11 is 0.833. The Morgan fingerprint density at radius 1 is 1.15 bits per heavy atom. The van der Waals surface area contributed by atoms with E-state index >= 15 is 0 Å². The number of amides is 2. The molecule has 33 heavy (non-hydrogen) atoms. The summed E-state index contributed by atoms with van der Waals surface area (Å²) in [6.45, 7) is 0. The summed E-state index contributed by atoms with van der Waals surface area (Å²) in [5.74, 6) is -1.46. The van der Waals surface area contributed by atoms with Gasteiger partial charge in [-0.1, -0.05) is 36.0 Å². The number of rotatable bonds is 5. The van der Waals surface area contributed by atoms with Crippen LogP contribution in [-0.2, 0) is 15.8 Å². The number of thioether (sulfide) groups is 1. The molecule has 0 bridgehead atoms. The Labute approximate surface area is 190 Å². The molecule has 2 aliphatic rings. The van der Waals surface area contributed by atoms with E-state index in [1.807, 2.05) is 0 Å². The molecule has 12 heteroatoms. The number of carbonyl (C=O) groups is 2. The summed E-state index contributed by atoms with van der Waals surface area (Å²) in [5.41, 5.74) is -0.736. The molecule has 8 nitrogen and oxygen atoms in total. The number of alkyl halides is 3. The van der Waals surface area contributed by atoms with Crippen LogP contribution in [0.1, 0.15) is 5.56 Å². The van der Waals surface area contributed by atoms with Gasteiger partial charge in [-0.2, -0.15) is 23.3 Å². The van der Waals surface area contributed by atoms with Crippen LogP contribution < -0.4 is 15.1 Å². The molecule has 4 rings (SSSR count). The number of hydrazone groups is 1. The predicted octanol–water partition coefficient (Wildman–Crippen LogP) is 3.80. The topological polar surface area (TPSA) is 95.7 Å². The van der Waals surface area contributed by atoms with Crippen LogP contribution in [0.3, 0.4) is 0 Å². The van der Waals surface area contributed by atoms with Crippen molar-refractivity contribution in [2.75, 3.05) is 23.2 Å². The molecule has 2 aromatic rings. The highest BCUT2D eigenvalue weighted by Crippen LogP contribution is 2.35. The van der Waals surface area contributed by atoms with Gasteiger partial charge < -0.3 is 10.1 Å².